The summed E-state index contributed by atoms with van der Waals surface area (Å²) in [5, 5.41) is 14.4. The number of anilines is 3. The fourth-order valence-electron chi connectivity index (χ4n) is 11.3. The summed E-state index contributed by atoms with van der Waals surface area (Å²) in [4.78, 5) is 2.37. The Labute approximate surface area is 359 Å². The topological polar surface area (TPSA) is 36.9 Å². The maximum Gasteiger partial charge on any atom is 0.0993 e. The number of fused-ring (bicyclic) bond motifs is 14. The summed E-state index contributed by atoms with van der Waals surface area (Å²) in [5.74, 6) is 0. The van der Waals surface area contributed by atoms with Crippen LogP contribution < -0.4 is 4.90 Å². The Morgan fingerprint density at radius 1 is 0.500 bits per heavy atom. The van der Waals surface area contributed by atoms with Gasteiger partial charge in [-0.25, -0.2) is 0 Å². The highest BCUT2D eigenvalue weighted by atomic mass is 15.1. The number of aromatic nitrogens is 2. The first-order valence-electron chi connectivity index (χ1n) is 21.5. The van der Waals surface area contributed by atoms with Crippen LogP contribution in [0.25, 0.3) is 60.9 Å². The summed E-state index contributed by atoms with van der Waals surface area (Å²) in [5.41, 5.74) is 19.1. The van der Waals surface area contributed by atoms with E-state index in [-0.39, 0.29) is 0 Å². The molecule has 4 nitrogen and oxygen atoms in total. The first-order chi connectivity index (χ1) is 30.7. The van der Waals surface area contributed by atoms with Crippen LogP contribution in [0.5, 0.6) is 0 Å². The lowest BCUT2D eigenvalue weighted by atomic mass is 9.68. The molecule has 2 aromatic heterocycles. The molecule has 1 spiro atoms. The zero-order valence-electron chi connectivity index (χ0n) is 33.8. The molecular formula is C58H38N4. The van der Waals surface area contributed by atoms with Gasteiger partial charge in [-0.05, 0) is 113 Å². The molecule has 0 bridgehead atoms. The van der Waals surface area contributed by atoms with Crippen molar-refractivity contribution in [2.24, 2.45) is 0 Å². The van der Waals surface area contributed by atoms with Crippen LogP contribution in [0.2, 0.25) is 0 Å². The fourth-order valence-corrected chi connectivity index (χ4v) is 11.3. The predicted octanol–water partition coefficient (Wildman–Crippen LogP) is 14.5. The van der Waals surface area contributed by atoms with Crippen molar-refractivity contribution < 1.29 is 0 Å². The molecule has 0 aliphatic heterocycles. The van der Waals surface area contributed by atoms with Crippen molar-refractivity contribution in [2.45, 2.75) is 18.3 Å². The summed E-state index contributed by atoms with van der Waals surface area (Å²) < 4.78 is 4.79. The number of nitrogens with zero attached hydrogens (tertiary/aromatic N) is 4. The zero-order valence-corrected chi connectivity index (χ0v) is 33.8. The smallest absolute Gasteiger partial charge is 0.0993 e. The molecule has 0 N–H and O–H groups in total. The molecule has 3 aliphatic carbocycles. The third-order valence-electron chi connectivity index (χ3n) is 13.6. The second kappa shape index (κ2) is 13.2. The largest absolute Gasteiger partial charge is 0.310 e. The molecule has 8 aromatic carbocycles. The van der Waals surface area contributed by atoms with Gasteiger partial charge in [0, 0.05) is 55.7 Å². The van der Waals surface area contributed by atoms with Gasteiger partial charge >= 0.3 is 0 Å². The highest BCUT2D eigenvalue weighted by molar-refractivity contribution is 6.10. The minimum atomic E-state index is -0.502. The standard InChI is InChI=1S/C58H38N4/c59-37-38-33-42(61-53-29-15-10-23-46(53)47-24-11-16-30-54(47)61)35-43(34-38)62-55-32-31-41(60(39-17-3-1-4-18-39)40-19-5-2-6-20-40)36-49(55)56-57(62)48-25-9-14-28-52(48)58(56)50-26-12-7-21-44(50)45-22-8-13-27-51(45)58/h1-12,14-26,28-36H,13,27H2. The molecule has 0 saturated heterocycles. The van der Waals surface area contributed by atoms with Gasteiger partial charge in [-0.1, -0.05) is 133 Å². The molecule has 4 heteroatoms. The quantitative estimate of drug-likeness (QED) is 0.174. The number of benzene rings is 8. The summed E-state index contributed by atoms with van der Waals surface area (Å²) in [6.45, 7) is 0. The summed E-state index contributed by atoms with van der Waals surface area (Å²) in [6.07, 6.45) is 6.69. The molecule has 62 heavy (non-hydrogen) atoms. The van der Waals surface area contributed by atoms with Gasteiger partial charge < -0.3 is 14.0 Å². The molecule has 13 rings (SSSR count). The molecule has 3 aliphatic rings. The van der Waals surface area contributed by atoms with Crippen LogP contribution in [0.4, 0.5) is 17.1 Å². The van der Waals surface area contributed by atoms with Crippen LogP contribution >= 0.6 is 0 Å². The number of allylic oxidation sites excluding steroid dienone is 4. The normalized spacial score (nSPS) is 15.9. The molecule has 290 valence electrons. The minimum Gasteiger partial charge on any atom is -0.310 e. The second-order valence-corrected chi connectivity index (χ2v) is 16.7. The third kappa shape index (κ3) is 4.65. The average Bonchev–Trinajstić information content (AvgIpc) is 4.04. The van der Waals surface area contributed by atoms with Gasteiger partial charge in [-0.15, -0.1) is 0 Å². The summed E-state index contributed by atoms with van der Waals surface area (Å²) in [7, 11) is 0. The molecule has 1 unspecified atom stereocenters. The van der Waals surface area contributed by atoms with Gasteiger partial charge in [-0.3, -0.25) is 0 Å². The van der Waals surface area contributed by atoms with E-state index in [0.717, 1.165) is 57.8 Å². The van der Waals surface area contributed by atoms with Crippen molar-refractivity contribution in [1.29, 1.82) is 5.26 Å². The predicted molar refractivity (Wildman–Crippen MR) is 254 cm³/mol. The number of para-hydroxylation sites is 4. The molecule has 10 aromatic rings. The third-order valence-corrected chi connectivity index (χ3v) is 13.6. The monoisotopic (exact) mass is 790 g/mol. The van der Waals surface area contributed by atoms with E-state index < -0.39 is 5.41 Å². The van der Waals surface area contributed by atoms with Crippen molar-refractivity contribution in [3.63, 3.8) is 0 Å². The first kappa shape index (κ1) is 34.7. The van der Waals surface area contributed by atoms with E-state index in [4.69, 9.17) is 0 Å². The Morgan fingerprint density at radius 3 is 1.74 bits per heavy atom. The maximum absolute atomic E-state index is 10.8. The van der Waals surface area contributed by atoms with Gasteiger partial charge in [0.1, 0.15) is 0 Å². The molecule has 0 saturated carbocycles. The van der Waals surface area contributed by atoms with Crippen molar-refractivity contribution in [3.05, 3.63) is 240 Å². The van der Waals surface area contributed by atoms with Crippen molar-refractivity contribution in [1.82, 2.24) is 9.13 Å². The highest BCUT2D eigenvalue weighted by Crippen LogP contribution is 2.66. The highest BCUT2D eigenvalue weighted by Gasteiger charge is 2.55. The number of rotatable bonds is 5. The summed E-state index contributed by atoms with van der Waals surface area (Å²) in [6, 6.07) is 72.7. The lowest BCUT2D eigenvalue weighted by Gasteiger charge is -2.33. The van der Waals surface area contributed by atoms with Crippen molar-refractivity contribution in [2.75, 3.05) is 4.90 Å². The molecule has 0 radical (unpaired) electrons. The average molecular weight is 791 g/mol. The van der Waals surface area contributed by atoms with E-state index in [2.05, 4.69) is 220 Å². The molecule has 2 heterocycles. The van der Waals surface area contributed by atoms with E-state index in [1.807, 2.05) is 6.07 Å². The Bertz CT molecular complexity index is 3500. The number of nitriles is 1. The molecule has 1 atom stereocenters. The number of hydrogen-bond donors (Lipinski definition) is 0. The lowest BCUT2D eigenvalue weighted by molar-refractivity contribution is 0.719. The van der Waals surface area contributed by atoms with Crippen LogP contribution in [-0.4, -0.2) is 9.13 Å². The van der Waals surface area contributed by atoms with Gasteiger partial charge in [0.25, 0.3) is 0 Å². The summed E-state index contributed by atoms with van der Waals surface area (Å²) >= 11 is 0. The Kier molecular flexibility index (Phi) is 7.38. The van der Waals surface area contributed by atoms with Gasteiger partial charge in [0.05, 0.1) is 39.3 Å². The van der Waals surface area contributed by atoms with E-state index in [1.54, 1.807) is 0 Å². The van der Waals surface area contributed by atoms with Gasteiger partial charge in [0.2, 0.25) is 0 Å². The van der Waals surface area contributed by atoms with Crippen molar-refractivity contribution >= 4 is 55.3 Å². The lowest BCUT2D eigenvalue weighted by Crippen LogP contribution is -2.27. The van der Waals surface area contributed by atoms with Crippen LogP contribution in [0.15, 0.2) is 212 Å². The Hall–Kier alpha value is -8.13. The van der Waals surface area contributed by atoms with Crippen LogP contribution in [-0.2, 0) is 5.41 Å². The Balaban J connectivity index is 1.17. The first-order valence-corrected chi connectivity index (χ1v) is 21.5. The Morgan fingerprint density at radius 2 is 1.06 bits per heavy atom. The van der Waals surface area contributed by atoms with E-state index in [1.165, 1.54) is 60.8 Å². The van der Waals surface area contributed by atoms with Crippen LogP contribution in [0, 0.1) is 11.3 Å². The minimum absolute atomic E-state index is 0.502. The molecule has 0 amide bonds. The van der Waals surface area contributed by atoms with E-state index in [9.17, 15) is 5.26 Å². The van der Waals surface area contributed by atoms with E-state index >= 15 is 0 Å². The fraction of sp³-hybridized carbons (Fsp3) is 0.0517. The zero-order chi connectivity index (χ0) is 40.9. The van der Waals surface area contributed by atoms with Crippen LogP contribution in [0.1, 0.15) is 40.7 Å². The van der Waals surface area contributed by atoms with Crippen LogP contribution in [0.3, 0.4) is 0 Å². The van der Waals surface area contributed by atoms with E-state index in [0.29, 0.717) is 5.56 Å². The maximum atomic E-state index is 10.8. The molecule has 0 fully saturated rings. The van der Waals surface area contributed by atoms with Crippen molar-refractivity contribution in [3.8, 4) is 28.7 Å². The second-order valence-electron chi connectivity index (χ2n) is 16.7. The molecular weight excluding hydrogens is 753 g/mol. The SMILES string of the molecule is N#Cc1cc(-n2c3c(c4cc(N(c5ccccc5)c5ccccc5)ccc42)C2(C4=C(C=CCC4)c4ccccc42)c2ccccc2-3)cc(-n2c3ccccc3c3ccccc32)c1. The van der Waals surface area contributed by atoms with Gasteiger partial charge in [0.15, 0.2) is 0 Å². The van der Waals surface area contributed by atoms with Gasteiger partial charge in [-0.2, -0.15) is 5.26 Å². The number of hydrogen-bond acceptors (Lipinski definition) is 2.